The fourth-order valence-corrected chi connectivity index (χ4v) is 2.77. The summed E-state index contributed by atoms with van der Waals surface area (Å²) in [4.78, 5) is 2.32. The molecule has 4 heteroatoms. The summed E-state index contributed by atoms with van der Waals surface area (Å²) in [6, 6.07) is 8.44. The number of nitrogens with one attached hydrogen (secondary N) is 1. The van der Waals surface area contributed by atoms with Gasteiger partial charge in [-0.2, -0.15) is 4.37 Å². The van der Waals surface area contributed by atoms with Crippen molar-refractivity contribution < 1.29 is 0 Å². The number of aromatic nitrogens is 1. The molecule has 0 spiro atoms. The molecule has 3 rings (SSSR count). The summed E-state index contributed by atoms with van der Waals surface area (Å²) in [7, 11) is 0. The van der Waals surface area contributed by atoms with Gasteiger partial charge < -0.3 is 4.90 Å². The van der Waals surface area contributed by atoms with Gasteiger partial charge in [0, 0.05) is 11.9 Å². The quantitative estimate of drug-likeness (QED) is 0.795. The Labute approximate surface area is 92.9 Å². The molecule has 1 aromatic heterocycles. The lowest BCUT2D eigenvalue weighted by molar-refractivity contribution is 0.551. The molecule has 15 heavy (non-hydrogen) atoms. The average molecular weight is 219 g/mol. The molecule has 0 amide bonds. The van der Waals surface area contributed by atoms with Crippen molar-refractivity contribution in [2.45, 2.75) is 6.42 Å². The monoisotopic (exact) mass is 219 g/mol. The van der Waals surface area contributed by atoms with Gasteiger partial charge in [0.1, 0.15) is 0 Å². The summed E-state index contributed by atoms with van der Waals surface area (Å²) in [5, 5.41) is 4.66. The van der Waals surface area contributed by atoms with Gasteiger partial charge in [0.2, 0.25) is 0 Å². The highest BCUT2D eigenvalue weighted by Crippen LogP contribution is 2.29. The molecule has 0 unspecified atom stereocenters. The lowest BCUT2D eigenvalue weighted by atomic mass is 10.2. The molecule has 0 bridgehead atoms. The van der Waals surface area contributed by atoms with Gasteiger partial charge in [-0.1, -0.05) is 12.1 Å². The number of anilines is 1. The second kappa shape index (κ2) is 3.79. The third-order valence-electron chi connectivity index (χ3n) is 2.74. The minimum absolute atomic E-state index is 0.924. The van der Waals surface area contributed by atoms with Crippen molar-refractivity contribution in [2.24, 2.45) is 0 Å². The maximum absolute atomic E-state index is 4.55. The second-order valence-electron chi connectivity index (χ2n) is 3.78. The van der Waals surface area contributed by atoms with Crippen molar-refractivity contribution in [2.75, 3.05) is 24.7 Å². The Morgan fingerprint density at radius 3 is 3.13 bits per heavy atom. The number of rotatable bonds is 1. The summed E-state index contributed by atoms with van der Waals surface area (Å²) < 4.78 is 5.82. The molecule has 0 saturated carbocycles. The van der Waals surface area contributed by atoms with Crippen molar-refractivity contribution in [3.05, 3.63) is 24.3 Å². The van der Waals surface area contributed by atoms with Crippen LogP contribution in [0.25, 0.3) is 10.1 Å². The molecule has 3 nitrogen and oxygen atoms in total. The standard InChI is InChI=1S/C11H13N3S/c1-2-5-10-9(4-1)11(13-15-10)14-7-3-6-12-8-14/h1-2,4-5,12H,3,6-8H2. The Hall–Kier alpha value is -1.13. The van der Waals surface area contributed by atoms with Crippen molar-refractivity contribution in [1.82, 2.24) is 9.69 Å². The van der Waals surface area contributed by atoms with Crippen LogP contribution < -0.4 is 10.2 Å². The number of hydrogen-bond donors (Lipinski definition) is 1. The van der Waals surface area contributed by atoms with E-state index in [4.69, 9.17) is 0 Å². The smallest absolute Gasteiger partial charge is 0.151 e. The third kappa shape index (κ3) is 1.60. The van der Waals surface area contributed by atoms with Gasteiger partial charge in [-0.05, 0) is 36.6 Å². The zero-order chi connectivity index (χ0) is 10.1. The predicted molar refractivity (Wildman–Crippen MR) is 64.5 cm³/mol. The van der Waals surface area contributed by atoms with Crippen molar-refractivity contribution >= 4 is 27.4 Å². The van der Waals surface area contributed by atoms with Gasteiger partial charge in [0.05, 0.1) is 11.4 Å². The maximum Gasteiger partial charge on any atom is 0.151 e. The van der Waals surface area contributed by atoms with Crippen LogP contribution in [0.5, 0.6) is 0 Å². The van der Waals surface area contributed by atoms with Crippen LogP contribution in [-0.2, 0) is 0 Å². The number of fused-ring (bicyclic) bond motifs is 1. The fourth-order valence-electron chi connectivity index (χ4n) is 1.97. The molecule has 78 valence electrons. The minimum atomic E-state index is 0.924. The summed E-state index contributed by atoms with van der Waals surface area (Å²) in [6.07, 6.45) is 1.20. The first kappa shape index (κ1) is 9.12. The topological polar surface area (TPSA) is 28.2 Å². The Kier molecular flexibility index (Phi) is 2.31. The molecule has 1 N–H and O–H groups in total. The van der Waals surface area contributed by atoms with Crippen LogP contribution in [0, 0.1) is 0 Å². The lowest BCUT2D eigenvalue weighted by Crippen LogP contribution is -2.41. The Bertz CT molecular complexity index is 460. The van der Waals surface area contributed by atoms with E-state index >= 15 is 0 Å². The van der Waals surface area contributed by atoms with Crippen LogP contribution in [0.4, 0.5) is 5.82 Å². The third-order valence-corrected chi connectivity index (χ3v) is 3.56. The van der Waals surface area contributed by atoms with Crippen LogP contribution in [0.1, 0.15) is 6.42 Å². The second-order valence-corrected chi connectivity index (χ2v) is 4.58. The molecular formula is C11H13N3S. The molecule has 1 fully saturated rings. The van der Waals surface area contributed by atoms with Crippen molar-refractivity contribution in [3.8, 4) is 0 Å². The van der Waals surface area contributed by atoms with E-state index < -0.39 is 0 Å². The molecule has 2 heterocycles. The van der Waals surface area contributed by atoms with Crippen LogP contribution in [-0.4, -0.2) is 24.1 Å². The molecule has 0 atom stereocenters. The largest absolute Gasteiger partial charge is 0.342 e. The summed E-state index contributed by atoms with van der Waals surface area (Å²) in [5.41, 5.74) is 0. The van der Waals surface area contributed by atoms with Gasteiger partial charge in [0.25, 0.3) is 0 Å². The first-order chi connectivity index (χ1) is 7.45. The highest BCUT2D eigenvalue weighted by Gasteiger charge is 2.15. The molecule has 1 aromatic carbocycles. The first-order valence-electron chi connectivity index (χ1n) is 5.25. The number of hydrogen-bond acceptors (Lipinski definition) is 4. The summed E-state index contributed by atoms with van der Waals surface area (Å²) >= 11 is 1.59. The van der Waals surface area contributed by atoms with Gasteiger partial charge in [0.15, 0.2) is 5.82 Å². The fraction of sp³-hybridized carbons (Fsp3) is 0.364. The minimum Gasteiger partial charge on any atom is -0.342 e. The van der Waals surface area contributed by atoms with E-state index in [1.54, 1.807) is 11.5 Å². The summed E-state index contributed by atoms with van der Waals surface area (Å²) in [5.74, 6) is 1.14. The Morgan fingerprint density at radius 2 is 2.27 bits per heavy atom. The van der Waals surface area contributed by atoms with Crippen LogP contribution in [0.3, 0.4) is 0 Å². The zero-order valence-electron chi connectivity index (χ0n) is 8.44. The van der Waals surface area contributed by atoms with E-state index in [1.165, 1.54) is 16.5 Å². The van der Waals surface area contributed by atoms with E-state index in [1.807, 2.05) is 0 Å². The van der Waals surface area contributed by atoms with Gasteiger partial charge >= 0.3 is 0 Å². The molecule has 2 aromatic rings. The Balaban J connectivity index is 2.02. The van der Waals surface area contributed by atoms with E-state index in [0.29, 0.717) is 0 Å². The van der Waals surface area contributed by atoms with Gasteiger partial charge in [-0.25, -0.2) is 0 Å². The highest BCUT2D eigenvalue weighted by molar-refractivity contribution is 7.13. The predicted octanol–water partition coefficient (Wildman–Crippen LogP) is 2.05. The van der Waals surface area contributed by atoms with Crippen molar-refractivity contribution in [3.63, 3.8) is 0 Å². The molecule has 0 radical (unpaired) electrons. The van der Waals surface area contributed by atoms with Crippen LogP contribution >= 0.6 is 11.5 Å². The Morgan fingerprint density at radius 1 is 1.33 bits per heavy atom. The van der Waals surface area contributed by atoms with E-state index in [0.717, 1.165) is 25.6 Å². The van der Waals surface area contributed by atoms with Gasteiger partial charge in [-0.15, -0.1) is 0 Å². The van der Waals surface area contributed by atoms with E-state index in [-0.39, 0.29) is 0 Å². The summed E-state index contributed by atoms with van der Waals surface area (Å²) in [6.45, 7) is 3.16. The molecule has 1 aliphatic heterocycles. The first-order valence-corrected chi connectivity index (χ1v) is 6.02. The molecular weight excluding hydrogens is 206 g/mol. The lowest BCUT2D eigenvalue weighted by Gasteiger charge is -2.27. The molecule has 1 saturated heterocycles. The molecule has 1 aliphatic rings. The van der Waals surface area contributed by atoms with Crippen LogP contribution in [0.15, 0.2) is 24.3 Å². The number of nitrogens with zero attached hydrogens (tertiary/aromatic N) is 2. The maximum atomic E-state index is 4.55. The van der Waals surface area contributed by atoms with Crippen molar-refractivity contribution in [1.29, 1.82) is 0 Å². The molecule has 0 aliphatic carbocycles. The normalized spacial score (nSPS) is 17.2. The van der Waals surface area contributed by atoms with E-state index in [2.05, 4.69) is 38.9 Å². The SMILES string of the molecule is c1ccc2c(N3CCCNC3)nsc2c1. The van der Waals surface area contributed by atoms with Crippen LogP contribution in [0.2, 0.25) is 0 Å². The van der Waals surface area contributed by atoms with E-state index in [9.17, 15) is 0 Å². The average Bonchev–Trinajstić information content (AvgIpc) is 2.74. The van der Waals surface area contributed by atoms with Gasteiger partial charge in [-0.3, -0.25) is 5.32 Å². The zero-order valence-corrected chi connectivity index (χ0v) is 9.26. The number of benzene rings is 1. The highest BCUT2D eigenvalue weighted by atomic mass is 32.1.